The summed E-state index contributed by atoms with van der Waals surface area (Å²) in [6, 6.07) is 8.46. The van der Waals surface area contributed by atoms with Gasteiger partial charge >= 0.3 is 6.18 Å². The van der Waals surface area contributed by atoms with Crippen LogP contribution in [-0.2, 0) is 6.18 Å². The van der Waals surface area contributed by atoms with E-state index in [2.05, 4.69) is 15.9 Å². The van der Waals surface area contributed by atoms with Crippen LogP contribution in [0.5, 0.6) is 11.5 Å². The molecule has 0 unspecified atom stereocenters. The molecule has 0 aliphatic carbocycles. The Balaban J connectivity index is 2.36. The van der Waals surface area contributed by atoms with Crippen LogP contribution in [0, 0.1) is 6.92 Å². The molecular formula is C14H11BrF3NO. The van der Waals surface area contributed by atoms with E-state index in [1.807, 2.05) is 13.0 Å². The predicted molar refractivity (Wildman–Crippen MR) is 74.8 cm³/mol. The third kappa shape index (κ3) is 3.07. The second kappa shape index (κ2) is 5.36. The van der Waals surface area contributed by atoms with Crippen LogP contribution in [0.3, 0.4) is 0 Å². The lowest BCUT2D eigenvalue weighted by molar-refractivity contribution is -0.137. The lowest BCUT2D eigenvalue weighted by Crippen LogP contribution is -2.04. The van der Waals surface area contributed by atoms with E-state index in [4.69, 9.17) is 10.5 Å². The van der Waals surface area contributed by atoms with Crippen LogP contribution in [-0.4, -0.2) is 0 Å². The Bertz CT molecular complexity index is 621. The van der Waals surface area contributed by atoms with Crippen molar-refractivity contribution in [3.63, 3.8) is 0 Å². The maximum Gasteiger partial charge on any atom is 0.416 e. The summed E-state index contributed by atoms with van der Waals surface area (Å²) in [5, 5.41) is 0. The fraction of sp³-hybridized carbons (Fsp3) is 0.143. The summed E-state index contributed by atoms with van der Waals surface area (Å²) in [7, 11) is 0. The van der Waals surface area contributed by atoms with Gasteiger partial charge in [-0.2, -0.15) is 13.2 Å². The third-order valence-electron chi connectivity index (χ3n) is 2.71. The molecule has 0 aliphatic heterocycles. The molecule has 0 spiro atoms. The topological polar surface area (TPSA) is 35.2 Å². The van der Waals surface area contributed by atoms with Gasteiger partial charge in [-0.1, -0.05) is 12.1 Å². The van der Waals surface area contributed by atoms with Crippen molar-refractivity contribution in [1.82, 2.24) is 0 Å². The van der Waals surface area contributed by atoms with E-state index in [0.717, 1.165) is 17.7 Å². The highest BCUT2D eigenvalue weighted by Gasteiger charge is 2.31. The monoisotopic (exact) mass is 345 g/mol. The average molecular weight is 346 g/mol. The summed E-state index contributed by atoms with van der Waals surface area (Å²) >= 11 is 3.08. The zero-order chi connectivity index (χ0) is 14.9. The smallest absolute Gasteiger partial charge is 0.416 e. The van der Waals surface area contributed by atoms with Gasteiger partial charge in [-0.25, -0.2) is 0 Å². The standard InChI is InChI=1S/C14H11BrF3NO/c1-8-3-2-4-11(19)13(8)20-12-6-5-9(7-10(12)15)14(16,17)18/h2-7H,19H2,1H3. The van der Waals surface area contributed by atoms with E-state index in [0.29, 0.717) is 11.4 Å². The Labute approximate surface area is 122 Å². The van der Waals surface area contributed by atoms with Gasteiger partial charge in [0, 0.05) is 0 Å². The summed E-state index contributed by atoms with van der Waals surface area (Å²) in [4.78, 5) is 0. The molecule has 0 atom stereocenters. The number of halogens is 4. The molecule has 2 aromatic carbocycles. The zero-order valence-corrected chi connectivity index (χ0v) is 12.0. The van der Waals surface area contributed by atoms with Crippen molar-refractivity contribution in [3.8, 4) is 11.5 Å². The fourth-order valence-electron chi connectivity index (χ4n) is 1.68. The molecular weight excluding hydrogens is 335 g/mol. The first-order valence-corrected chi connectivity index (χ1v) is 6.48. The molecule has 2 N–H and O–H groups in total. The molecule has 0 aliphatic rings. The number of nitrogen functional groups attached to an aromatic ring is 1. The quantitative estimate of drug-likeness (QED) is 0.763. The first kappa shape index (κ1) is 14.7. The van der Waals surface area contributed by atoms with Crippen molar-refractivity contribution >= 4 is 21.6 Å². The Morgan fingerprint density at radius 2 is 1.85 bits per heavy atom. The van der Waals surface area contributed by atoms with Gasteiger partial charge < -0.3 is 10.5 Å². The number of alkyl halides is 3. The van der Waals surface area contributed by atoms with Crippen LogP contribution in [0.1, 0.15) is 11.1 Å². The Morgan fingerprint density at radius 1 is 1.15 bits per heavy atom. The van der Waals surface area contributed by atoms with Gasteiger partial charge in [0.1, 0.15) is 5.75 Å². The van der Waals surface area contributed by atoms with E-state index in [9.17, 15) is 13.2 Å². The number of para-hydroxylation sites is 1. The molecule has 6 heteroatoms. The maximum atomic E-state index is 12.6. The molecule has 2 aromatic rings. The lowest BCUT2D eigenvalue weighted by Gasteiger charge is -2.14. The molecule has 2 nitrogen and oxygen atoms in total. The molecule has 0 fully saturated rings. The van der Waals surface area contributed by atoms with E-state index in [1.165, 1.54) is 6.07 Å². The van der Waals surface area contributed by atoms with Gasteiger partial charge in [-0.05, 0) is 52.7 Å². The van der Waals surface area contributed by atoms with Crippen LogP contribution in [0.2, 0.25) is 0 Å². The van der Waals surface area contributed by atoms with Crippen LogP contribution >= 0.6 is 15.9 Å². The van der Waals surface area contributed by atoms with Gasteiger partial charge in [-0.3, -0.25) is 0 Å². The Hall–Kier alpha value is -1.69. The van der Waals surface area contributed by atoms with E-state index in [1.54, 1.807) is 12.1 Å². The summed E-state index contributed by atoms with van der Waals surface area (Å²) in [5.74, 6) is 0.715. The van der Waals surface area contributed by atoms with Gasteiger partial charge in [0.25, 0.3) is 0 Å². The molecule has 106 valence electrons. The fourth-order valence-corrected chi connectivity index (χ4v) is 2.14. The number of ether oxygens (including phenoxy) is 1. The van der Waals surface area contributed by atoms with Gasteiger partial charge in [0.15, 0.2) is 5.75 Å². The summed E-state index contributed by atoms with van der Waals surface area (Å²) in [5.41, 5.74) is 6.29. The number of rotatable bonds is 2. The van der Waals surface area contributed by atoms with Crippen LogP contribution < -0.4 is 10.5 Å². The molecule has 20 heavy (non-hydrogen) atoms. The number of anilines is 1. The van der Waals surface area contributed by atoms with Crippen molar-refractivity contribution in [2.75, 3.05) is 5.73 Å². The van der Waals surface area contributed by atoms with Gasteiger partial charge in [-0.15, -0.1) is 0 Å². The van der Waals surface area contributed by atoms with Crippen LogP contribution in [0.25, 0.3) is 0 Å². The SMILES string of the molecule is Cc1cccc(N)c1Oc1ccc(C(F)(F)F)cc1Br. The number of aryl methyl sites for hydroxylation is 1. The number of nitrogens with two attached hydrogens (primary N) is 1. The first-order valence-electron chi connectivity index (χ1n) is 5.68. The van der Waals surface area contributed by atoms with Gasteiger partial charge in [0.2, 0.25) is 0 Å². The van der Waals surface area contributed by atoms with E-state index >= 15 is 0 Å². The van der Waals surface area contributed by atoms with Gasteiger partial charge in [0.05, 0.1) is 15.7 Å². The van der Waals surface area contributed by atoms with Crippen molar-refractivity contribution in [2.24, 2.45) is 0 Å². The van der Waals surface area contributed by atoms with E-state index < -0.39 is 11.7 Å². The van der Waals surface area contributed by atoms with E-state index in [-0.39, 0.29) is 10.2 Å². The largest absolute Gasteiger partial charge is 0.454 e. The highest BCUT2D eigenvalue weighted by atomic mass is 79.9. The minimum atomic E-state index is -4.39. The van der Waals surface area contributed by atoms with Crippen molar-refractivity contribution in [2.45, 2.75) is 13.1 Å². The van der Waals surface area contributed by atoms with Crippen LogP contribution in [0.4, 0.5) is 18.9 Å². The number of benzene rings is 2. The predicted octanol–water partition coefficient (Wildman–Crippen LogP) is 5.15. The first-order chi connectivity index (χ1) is 9.29. The maximum absolute atomic E-state index is 12.6. The molecule has 0 bridgehead atoms. The molecule has 0 amide bonds. The lowest BCUT2D eigenvalue weighted by atomic mass is 10.2. The minimum absolute atomic E-state index is 0.218. The second-order valence-corrected chi connectivity index (χ2v) is 5.09. The highest BCUT2D eigenvalue weighted by molar-refractivity contribution is 9.10. The normalized spacial score (nSPS) is 11.4. The molecule has 2 rings (SSSR count). The van der Waals surface area contributed by atoms with Crippen LogP contribution in [0.15, 0.2) is 40.9 Å². The second-order valence-electron chi connectivity index (χ2n) is 4.24. The average Bonchev–Trinajstić information content (AvgIpc) is 2.34. The third-order valence-corrected chi connectivity index (χ3v) is 3.33. The summed E-state index contributed by atoms with van der Waals surface area (Å²) in [6.07, 6.45) is -4.39. The Kier molecular flexibility index (Phi) is 3.94. The van der Waals surface area contributed by atoms with Crippen molar-refractivity contribution < 1.29 is 17.9 Å². The zero-order valence-electron chi connectivity index (χ0n) is 10.5. The molecule has 0 heterocycles. The van der Waals surface area contributed by atoms with Crippen molar-refractivity contribution in [3.05, 3.63) is 52.0 Å². The van der Waals surface area contributed by atoms with Crippen molar-refractivity contribution in [1.29, 1.82) is 0 Å². The Morgan fingerprint density at radius 3 is 2.40 bits per heavy atom. The molecule has 0 aromatic heterocycles. The molecule has 0 radical (unpaired) electrons. The molecule has 0 saturated carbocycles. The highest BCUT2D eigenvalue weighted by Crippen LogP contribution is 2.38. The summed E-state index contributed by atoms with van der Waals surface area (Å²) < 4.78 is 43.5. The molecule has 0 saturated heterocycles. The number of hydrogen-bond donors (Lipinski definition) is 1. The minimum Gasteiger partial charge on any atom is -0.454 e. The number of hydrogen-bond acceptors (Lipinski definition) is 2. The summed E-state index contributed by atoms with van der Waals surface area (Å²) in [6.45, 7) is 1.81.